The summed E-state index contributed by atoms with van der Waals surface area (Å²) >= 11 is 0. The van der Waals surface area contributed by atoms with E-state index in [-0.39, 0.29) is 17.6 Å². The summed E-state index contributed by atoms with van der Waals surface area (Å²) in [4.78, 5) is 23.9. The van der Waals surface area contributed by atoms with E-state index in [9.17, 15) is 18.0 Å². The first kappa shape index (κ1) is 19.1. The normalized spacial score (nSPS) is 20.2. The molecule has 0 radical (unpaired) electrons. The lowest BCUT2D eigenvalue weighted by molar-refractivity contribution is -0.138. The molecule has 2 amide bonds. The molecule has 0 saturated carbocycles. The molecule has 2 N–H and O–H groups in total. The zero-order valence-electron chi connectivity index (χ0n) is 15.1. The van der Waals surface area contributed by atoms with Crippen molar-refractivity contribution in [1.29, 1.82) is 0 Å². The van der Waals surface area contributed by atoms with Crippen LogP contribution in [-0.2, 0) is 30.8 Å². The van der Waals surface area contributed by atoms with Crippen molar-refractivity contribution in [2.45, 2.75) is 37.4 Å². The molecule has 3 rings (SSSR count). The second-order valence-electron chi connectivity index (χ2n) is 6.74. The van der Waals surface area contributed by atoms with Crippen molar-refractivity contribution in [2.75, 3.05) is 4.72 Å². The van der Waals surface area contributed by atoms with Gasteiger partial charge >= 0.3 is 0 Å². The third kappa shape index (κ3) is 4.19. The molecular formula is C20H22N2O4S. The SMILES string of the molecule is CCC1(c2ccc(NS(=O)(=O)Cc3ccccc3)cc2)CCC(=O)NC1=O. The van der Waals surface area contributed by atoms with E-state index >= 15 is 0 Å². The van der Waals surface area contributed by atoms with E-state index in [1.165, 1.54) is 0 Å². The second-order valence-corrected chi connectivity index (χ2v) is 8.46. The van der Waals surface area contributed by atoms with Crippen LogP contribution in [0.25, 0.3) is 0 Å². The zero-order valence-corrected chi connectivity index (χ0v) is 15.9. The number of benzene rings is 2. The van der Waals surface area contributed by atoms with Gasteiger partial charge in [-0.15, -0.1) is 0 Å². The second kappa shape index (κ2) is 7.52. The number of imide groups is 1. The number of sulfonamides is 1. The van der Waals surface area contributed by atoms with Crippen molar-refractivity contribution in [2.24, 2.45) is 0 Å². The predicted octanol–water partition coefficient (Wildman–Crippen LogP) is 2.71. The van der Waals surface area contributed by atoms with Crippen LogP contribution in [-0.4, -0.2) is 20.2 Å². The van der Waals surface area contributed by atoms with Gasteiger partial charge in [0.2, 0.25) is 21.8 Å². The largest absolute Gasteiger partial charge is 0.296 e. The molecule has 2 aromatic rings. The van der Waals surface area contributed by atoms with Gasteiger partial charge in [-0.25, -0.2) is 8.42 Å². The Morgan fingerprint density at radius 2 is 1.70 bits per heavy atom. The van der Waals surface area contributed by atoms with E-state index in [4.69, 9.17) is 0 Å². The summed E-state index contributed by atoms with van der Waals surface area (Å²) in [5.41, 5.74) is 1.17. The van der Waals surface area contributed by atoms with Crippen molar-refractivity contribution in [1.82, 2.24) is 5.32 Å². The molecule has 1 aliphatic rings. The Labute approximate surface area is 159 Å². The lowest BCUT2D eigenvalue weighted by atomic mass is 9.72. The highest BCUT2D eigenvalue weighted by atomic mass is 32.2. The molecule has 1 fully saturated rings. The van der Waals surface area contributed by atoms with E-state index in [1.54, 1.807) is 48.5 Å². The number of anilines is 1. The van der Waals surface area contributed by atoms with Crippen LogP contribution < -0.4 is 10.0 Å². The standard InChI is InChI=1S/C20H22N2O4S/c1-2-20(13-12-18(23)21-19(20)24)16-8-10-17(11-9-16)22-27(25,26)14-15-6-4-3-5-7-15/h3-11,22H,2,12-14H2,1H3,(H,21,23,24). The van der Waals surface area contributed by atoms with Crippen molar-refractivity contribution in [3.8, 4) is 0 Å². The molecule has 142 valence electrons. The highest BCUT2D eigenvalue weighted by molar-refractivity contribution is 7.91. The van der Waals surface area contributed by atoms with Gasteiger partial charge in [-0.3, -0.25) is 19.6 Å². The minimum atomic E-state index is -3.54. The number of rotatable bonds is 6. The molecule has 7 heteroatoms. The van der Waals surface area contributed by atoms with Crippen LogP contribution in [0.15, 0.2) is 54.6 Å². The molecule has 0 spiro atoms. The Kier molecular flexibility index (Phi) is 5.32. The number of carbonyl (C=O) groups is 2. The molecule has 1 atom stereocenters. The Morgan fingerprint density at radius 3 is 2.30 bits per heavy atom. The van der Waals surface area contributed by atoms with Crippen LogP contribution in [0.4, 0.5) is 5.69 Å². The van der Waals surface area contributed by atoms with Crippen LogP contribution in [0.5, 0.6) is 0 Å². The average Bonchev–Trinajstić information content (AvgIpc) is 2.63. The fourth-order valence-corrected chi connectivity index (χ4v) is 4.63. The van der Waals surface area contributed by atoms with Gasteiger partial charge < -0.3 is 0 Å². The summed E-state index contributed by atoms with van der Waals surface area (Å²) in [5, 5.41) is 2.41. The number of piperidine rings is 1. The molecule has 0 aliphatic carbocycles. The van der Waals surface area contributed by atoms with Crippen molar-refractivity contribution in [3.63, 3.8) is 0 Å². The number of amides is 2. The topological polar surface area (TPSA) is 92.3 Å². The lowest BCUT2D eigenvalue weighted by Crippen LogP contribution is -2.51. The van der Waals surface area contributed by atoms with Crippen LogP contribution >= 0.6 is 0 Å². The zero-order chi connectivity index (χ0) is 19.5. The summed E-state index contributed by atoms with van der Waals surface area (Å²) in [7, 11) is -3.54. The number of hydrogen-bond acceptors (Lipinski definition) is 4. The Hall–Kier alpha value is -2.67. The van der Waals surface area contributed by atoms with Crippen molar-refractivity contribution < 1.29 is 18.0 Å². The van der Waals surface area contributed by atoms with Gasteiger partial charge in [0, 0.05) is 12.1 Å². The summed E-state index contributed by atoms with van der Waals surface area (Å²) in [5.74, 6) is -0.660. The summed E-state index contributed by atoms with van der Waals surface area (Å²) in [6, 6.07) is 15.7. The van der Waals surface area contributed by atoms with Gasteiger partial charge in [0.1, 0.15) is 0 Å². The fraction of sp³-hybridized carbons (Fsp3) is 0.300. The first-order valence-electron chi connectivity index (χ1n) is 8.84. The Bertz CT molecular complexity index is 940. The van der Waals surface area contributed by atoms with E-state index in [2.05, 4.69) is 10.0 Å². The summed E-state index contributed by atoms with van der Waals surface area (Å²) in [6.45, 7) is 1.91. The highest BCUT2D eigenvalue weighted by Crippen LogP contribution is 2.36. The molecule has 0 bridgehead atoms. The molecule has 1 heterocycles. The van der Waals surface area contributed by atoms with Crippen molar-refractivity contribution >= 4 is 27.5 Å². The maximum Gasteiger partial charge on any atom is 0.237 e. The third-order valence-electron chi connectivity index (χ3n) is 4.98. The molecule has 1 aliphatic heterocycles. The number of carbonyl (C=O) groups excluding carboxylic acids is 2. The maximum absolute atomic E-state index is 12.4. The van der Waals surface area contributed by atoms with Crippen LogP contribution in [0.2, 0.25) is 0 Å². The molecular weight excluding hydrogens is 364 g/mol. The molecule has 27 heavy (non-hydrogen) atoms. The molecule has 6 nitrogen and oxygen atoms in total. The van der Waals surface area contributed by atoms with Gasteiger partial charge in [0.05, 0.1) is 11.2 Å². The minimum absolute atomic E-state index is 0.112. The smallest absolute Gasteiger partial charge is 0.237 e. The molecule has 1 unspecified atom stereocenters. The van der Waals surface area contributed by atoms with Crippen molar-refractivity contribution in [3.05, 3.63) is 65.7 Å². The van der Waals surface area contributed by atoms with Crippen LogP contribution in [0.3, 0.4) is 0 Å². The Morgan fingerprint density at radius 1 is 1.04 bits per heavy atom. The van der Waals surface area contributed by atoms with E-state index in [1.807, 2.05) is 13.0 Å². The monoisotopic (exact) mass is 386 g/mol. The van der Waals surface area contributed by atoms with Gasteiger partial charge in [0.15, 0.2) is 0 Å². The van der Waals surface area contributed by atoms with Crippen LogP contribution in [0.1, 0.15) is 37.3 Å². The summed E-state index contributed by atoms with van der Waals surface area (Å²) < 4.78 is 27.3. The van der Waals surface area contributed by atoms with Gasteiger partial charge in [-0.2, -0.15) is 0 Å². The molecule has 0 aromatic heterocycles. The maximum atomic E-state index is 12.4. The average molecular weight is 386 g/mol. The minimum Gasteiger partial charge on any atom is -0.296 e. The van der Waals surface area contributed by atoms with Crippen LogP contribution in [0, 0.1) is 0 Å². The van der Waals surface area contributed by atoms with Gasteiger partial charge in [-0.1, -0.05) is 49.4 Å². The fourth-order valence-electron chi connectivity index (χ4n) is 3.43. The van der Waals surface area contributed by atoms with E-state index in [0.717, 1.165) is 5.56 Å². The lowest BCUT2D eigenvalue weighted by Gasteiger charge is -2.35. The number of nitrogens with one attached hydrogen (secondary N) is 2. The molecule has 2 aromatic carbocycles. The Balaban J connectivity index is 1.77. The first-order valence-corrected chi connectivity index (χ1v) is 10.5. The van der Waals surface area contributed by atoms with E-state index < -0.39 is 15.4 Å². The first-order chi connectivity index (χ1) is 12.8. The quantitative estimate of drug-likeness (QED) is 0.747. The predicted molar refractivity (Wildman–Crippen MR) is 103 cm³/mol. The molecule has 1 saturated heterocycles. The number of hydrogen-bond donors (Lipinski definition) is 2. The third-order valence-corrected chi connectivity index (χ3v) is 6.24. The summed E-state index contributed by atoms with van der Waals surface area (Å²) in [6.07, 6.45) is 1.31. The van der Waals surface area contributed by atoms with E-state index in [0.29, 0.717) is 30.5 Å². The highest BCUT2D eigenvalue weighted by Gasteiger charge is 2.42. The van der Waals surface area contributed by atoms with Gasteiger partial charge in [0.25, 0.3) is 0 Å². The van der Waals surface area contributed by atoms with Gasteiger partial charge in [-0.05, 0) is 36.1 Å².